The van der Waals surface area contributed by atoms with E-state index >= 15 is 0 Å². The lowest BCUT2D eigenvalue weighted by atomic mass is 10.4. The lowest BCUT2D eigenvalue weighted by Crippen LogP contribution is -2.13. The summed E-state index contributed by atoms with van der Waals surface area (Å²) in [6, 6.07) is 5.56. The third-order valence-electron chi connectivity index (χ3n) is 2.19. The summed E-state index contributed by atoms with van der Waals surface area (Å²) in [6.07, 6.45) is 0. The SMILES string of the molecule is CN(Cc1cc(Br)cs1)c1ccc(C(=O)O)s1. The average molecular weight is 332 g/mol. The fraction of sp³-hybridized carbons (Fsp3) is 0.182. The molecule has 6 heteroatoms. The van der Waals surface area contributed by atoms with Crippen LogP contribution in [0, 0.1) is 0 Å². The quantitative estimate of drug-likeness (QED) is 0.923. The highest BCUT2D eigenvalue weighted by molar-refractivity contribution is 9.10. The van der Waals surface area contributed by atoms with Gasteiger partial charge in [-0.25, -0.2) is 4.79 Å². The van der Waals surface area contributed by atoms with Crippen molar-refractivity contribution in [2.24, 2.45) is 0 Å². The van der Waals surface area contributed by atoms with E-state index in [2.05, 4.69) is 26.9 Å². The van der Waals surface area contributed by atoms with E-state index in [9.17, 15) is 4.79 Å². The molecule has 0 unspecified atom stereocenters. The number of anilines is 1. The van der Waals surface area contributed by atoms with Gasteiger partial charge in [-0.2, -0.15) is 0 Å². The van der Waals surface area contributed by atoms with E-state index in [0.717, 1.165) is 16.0 Å². The predicted octanol–water partition coefficient (Wildman–Crippen LogP) is 3.91. The first-order valence-electron chi connectivity index (χ1n) is 4.83. The normalized spacial score (nSPS) is 10.5. The van der Waals surface area contributed by atoms with E-state index in [0.29, 0.717) is 4.88 Å². The molecule has 2 rings (SSSR count). The minimum Gasteiger partial charge on any atom is -0.477 e. The second-order valence-electron chi connectivity index (χ2n) is 3.53. The van der Waals surface area contributed by atoms with Crippen LogP contribution in [0.1, 0.15) is 14.5 Å². The van der Waals surface area contributed by atoms with Crippen LogP contribution in [-0.2, 0) is 6.54 Å². The minimum atomic E-state index is -0.867. The highest BCUT2D eigenvalue weighted by Gasteiger charge is 2.10. The van der Waals surface area contributed by atoms with Gasteiger partial charge in [-0.15, -0.1) is 22.7 Å². The molecule has 0 saturated heterocycles. The van der Waals surface area contributed by atoms with Gasteiger partial charge in [0.1, 0.15) is 4.88 Å². The standard InChI is InChI=1S/C11H10BrNO2S2/c1-13(5-8-4-7(12)6-16-8)10-3-2-9(17-10)11(14)15/h2-4,6H,5H2,1H3,(H,14,15). The van der Waals surface area contributed by atoms with Crippen LogP contribution < -0.4 is 4.90 Å². The summed E-state index contributed by atoms with van der Waals surface area (Å²) in [6.45, 7) is 0.788. The lowest BCUT2D eigenvalue weighted by Gasteiger charge is -2.15. The first kappa shape index (κ1) is 12.6. The fourth-order valence-electron chi connectivity index (χ4n) is 1.40. The number of hydrogen-bond donors (Lipinski definition) is 1. The maximum Gasteiger partial charge on any atom is 0.345 e. The molecule has 2 heterocycles. The van der Waals surface area contributed by atoms with Gasteiger partial charge in [-0.05, 0) is 34.1 Å². The molecule has 0 aromatic carbocycles. The van der Waals surface area contributed by atoms with E-state index in [1.165, 1.54) is 16.2 Å². The van der Waals surface area contributed by atoms with E-state index in [1.54, 1.807) is 17.4 Å². The van der Waals surface area contributed by atoms with Crippen LogP contribution in [0.15, 0.2) is 28.1 Å². The first-order chi connectivity index (χ1) is 8.06. The van der Waals surface area contributed by atoms with Gasteiger partial charge in [-0.1, -0.05) is 0 Å². The molecular weight excluding hydrogens is 322 g/mol. The van der Waals surface area contributed by atoms with Crippen molar-refractivity contribution >= 4 is 49.6 Å². The van der Waals surface area contributed by atoms with Gasteiger partial charge in [0.2, 0.25) is 0 Å². The second-order valence-corrected chi connectivity index (χ2v) is 6.50. The number of rotatable bonds is 4. The molecule has 2 aromatic heterocycles. The van der Waals surface area contributed by atoms with E-state index in [-0.39, 0.29) is 0 Å². The molecule has 0 spiro atoms. The molecule has 0 aliphatic carbocycles. The molecule has 0 aliphatic heterocycles. The van der Waals surface area contributed by atoms with Gasteiger partial charge in [-0.3, -0.25) is 0 Å². The number of halogens is 1. The Hall–Kier alpha value is -0.850. The third-order valence-corrected chi connectivity index (χ3v) is 5.06. The van der Waals surface area contributed by atoms with Crippen molar-refractivity contribution in [2.45, 2.75) is 6.54 Å². The molecule has 0 amide bonds. The maximum atomic E-state index is 10.8. The highest BCUT2D eigenvalue weighted by Crippen LogP contribution is 2.28. The zero-order chi connectivity index (χ0) is 12.4. The van der Waals surface area contributed by atoms with E-state index in [1.807, 2.05) is 18.5 Å². The van der Waals surface area contributed by atoms with E-state index < -0.39 is 5.97 Å². The highest BCUT2D eigenvalue weighted by atomic mass is 79.9. The maximum absolute atomic E-state index is 10.8. The van der Waals surface area contributed by atoms with Crippen molar-refractivity contribution < 1.29 is 9.90 Å². The molecular formula is C11H10BrNO2S2. The second kappa shape index (κ2) is 5.20. The Bertz CT molecular complexity index is 535. The summed E-state index contributed by atoms with van der Waals surface area (Å²) in [5.74, 6) is -0.867. The molecule has 0 bridgehead atoms. The molecule has 90 valence electrons. The molecule has 0 saturated carbocycles. The van der Waals surface area contributed by atoms with Crippen LogP contribution in [-0.4, -0.2) is 18.1 Å². The predicted molar refractivity (Wildman–Crippen MR) is 75.4 cm³/mol. The molecule has 1 N–H and O–H groups in total. The minimum absolute atomic E-state index is 0.374. The Morgan fingerprint density at radius 2 is 2.29 bits per heavy atom. The molecule has 0 radical (unpaired) electrons. The number of carboxylic acids is 1. The summed E-state index contributed by atoms with van der Waals surface area (Å²) in [5, 5.41) is 11.9. The summed E-state index contributed by atoms with van der Waals surface area (Å²) < 4.78 is 1.09. The molecule has 2 aromatic rings. The topological polar surface area (TPSA) is 40.5 Å². The third kappa shape index (κ3) is 3.08. The zero-order valence-corrected chi connectivity index (χ0v) is 12.2. The number of hydrogen-bond acceptors (Lipinski definition) is 4. The first-order valence-corrected chi connectivity index (χ1v) is 7.32. The molecule has 0 atom stereocenters. The Morgan fingerprint density at radius 1 is 1.53 bits per heavy atom. The van der Waals surface area contributed by atoms with Gasteiger partial charge in [0.25, 0.3) is 0 Å². The van der Waals surface area contributed by atoms with E-state index in [4.69, 9.17) is 5.11 Å². The number of aromatic carboxylic acids is 1. The summed E-state index contributed by atoms with van der Waals surface area (Å²) >= 11 is 6.40. The van der Waals surface area contributed by atoms with Gasteiger partial charge in [0.05, 0.1) is 11.5 Å². The van der Waals surface area contributed by atoms with Crippen molar-refractivity contribution in [3.05, 3.63) is 37.8 Å². The van der Waals surface area contributed by atoms with Crippen LogP contribution >= 0.6 is 38.6 Å². The van der Waals surface area contributed by atoms with Crippen LogP contribution in [0.4, 0.5) is 5.00 Å². The van der Waals surface area contributed by atoms with Crippen molar-refractivity contribution in [2.75, 3.05) is 11.9 Å². The Labute approximate surface area is 115 Å². The number of nitrogens with zero attached hydrogens (tertiary/aromatic N) is 1. The number of carboxylic acid groups (broad SMARTS) is 1. The Morgan fingerprint density at radius 3 is 2.82 bits per heavy atom. The number of thiophene rings is 2. The van der Waals surface area contributed by atoms with Crippen LogP contribution in [0.5, 0.6) is 0 Å². The van der Waals surface area contributed by atoms with Gasteiger partial charge >= 0.3 is 5.97 Å². The lowest BCUT2D eigenvalue weighted by molar-refractivity contribution is 0.0702. The summed E-state index contributed by atoms with van der Waals surface area (Å²) in [7, 11) is 1.96. The Balaban J connectivity index is 2.08. The van der Waals surface area contributed by atoms with Crippen LogP contribution in [0.25, 0.3) is 0 Å². The summed E-state index contributed by atoms with van der Waals surface area (Å²) in [5.41, 5.74) is 0. The average Bonchev–Trinajstić information content (AvgIpc) is 2.86. The summed E-state index contributed by atoms with van der Waals surface area (Å²) in [4.78, 5) is 14.5. The molecule has 17 heavy (non-hydrogen) atoms. The van der Waals surface area contributed by atoms with Crippen molar-refractivity contribution in [3.8, 4) is 0 Å². The van der Waals surface area contributed by atoms with Gasteiger partial charge < -0.3 is 10.0 Å². The monoisotopic (exact) mass is 331 g/mol. The fourth-order valence-corrected chi connectivity index (χ4v) is 3.70. The van der Waals surface area contributed by atoms with Crippen molar-refractivity contribution in [3.63, 3.8) is 0 Å². The van der Waals surface area contributed by atoms with Crippen molar-refractivity contribution in [1.29, 1.82) is 0 Å². The smallest absolute Gasteiger partial charge is 0.345 e. The Kier molecular flexibility index (Phi) is 3.86. The van der Waals surface area contributed by atoms with Crippen molar-refractivity contribution in [1.82, 2.24) is 0 Å². The van der Waals surface area contributed by atoms with Gasteiger partial charge in [0.15, 0.2) is 0 Å². The molecule has 0 aliphatic rings. The largest absolute Gasteiger partial charge is 0.477 e. The van der Waals surface area contributed by atoms with Gasteiger partial charge in [0, 0.05) is 21.8 Å². The van der Waals surface area contributed by atoms with Crippen LogP contribution in [0.2, 0.25) is 0 Å². The zero-order valence-electron chi connectivity index (χ0n) is 9.01. The number of carbonyl (C=O) groups is 1. The van der Waals surface area contributed by atoms with Crippen LogP contribution in [0.3, 0.4) is 0 Å². The molecule has 0 fully saturated rings. The molecule has 3 nitrogen and oxygen atoms in total.